The second kappa shape index (κ2) is 11.2. The van der Waals surface area contributed by atoms with Crippen molar-refractivity contribution in [2.45, 2.75) is 45.3 Å². The van der Waals surface area contributed by atoms with Gasteiger partial charge in [0.1, 0.15) is 12.4 Å². The molecule has 1 aliphatic heterocycles. The normalized spacial score (nSPS) is 16.8. The summed E-state index contributed by atoms with van der Waals surface area (Å²) in [6, 6.07) is 18.1. The number of aliphatic imine (C=N–C) groups is 1. The minimum Gasteiger partial charge on any atom is -0.489 e. The summed E-state index contributed by atoms with van der Waals surface area (Å²) in [5, 5.41) is 12.7. The SMILES string of the molecule is CC1CCCCN1C(=NCCCN)Nc1ccc(OCc2ccccc2C#N)cc1. The summed E-state index contributed by atoms with van der Waals surface area (Å²) in [4.78, 5) is 7.15. The number of benzene rings is 2. The summed E-state index contributed by atoms with van der Waals surface area (Å²) >= 11 is 0. The molecular formula is C24H31N5O. The first-order valence-corrected chi connectivity index (χ1v) is 10.7. The van der Waals surface area contributed by atoms with E-state index in [0.717, 1.165) is 42.5 Å². The molecule has 1 atom stereocenters. The van der Waals surface area contributed by atoms with Crippen molar-refractivity contribution in [1.29, 1.82) is 5.26 Å². The van der Waals surface area contributed by atoms with Gasteiger partial charge in [0.05, 0.1) is 11.6 Å². The van der Waals surface area contributed by atoms with Crippen molar-refractivity contribution >= 4 is 11.6 Å². The van der Waals surface area contributed by atoms with Crippen molar-refractivity contribution in [1.82, 2.24) is 4.90 Å². The van der Waals surface area contributed by atoms with Gasteiger partial charge in [-0.1, -0.05) is 18.2 Å². The number of nitrogens with zero attached hydrogens (tertiary/aromatic N) is 3. The molecule has 158 valence electrons. The van der Waals surface area contributed by atoms with E-state index in [-0.39, 0.29) is 0 Å². The van der Waals surface area contributed by atoms with Gasteiger partial charge in [0.25, 0.3) is 0 Å². The molecule has 0 amide bonds. The van der Waals surface area contributed by atoms with E-state index in [1.54, 1.807) is 6.07 Å². The Morgan fingerprint density at radius 1 is 1.23 bits per heavy atom. The second-order valence-electron chi connectivity index (χ2n) is 7.59. The van der Waals surface area contributed by atoms with Crippen LogP contribution in [0.1, 0.15) is 43.7 Å². The number of ether oxygens (including phenoxy) is 1. The van der Waals surface area contributed by atoms with Crippen molar-refractivity contribution in [3.63, 3.8) is 0 Å². The number of anilines is 1. The standard InChI is InChI=1S/C24H31N5O/c1-19-7-4-5-16-29(19)24(27-15-6-14-25)28-22-10-12-23(13-11-22)30-18-21-9-3-2-8-20(21)17-26/h2-3,8-13,19H,4-7,14-16,18,25H2,1H3,(H,27,28). The van der Waals surface area contributed by atoms with Crippen LogP contribution >= 0.6 is 0 Å². The number of piperidine rings is 1. The van der Waals surface area contributed by atoms with E-state index in [2.05, 4.69) is 23.2 Å². The Hall–Kier alpha value is -3.04. The van der Waals surface area contributed by atoms with Crippen molar-refractivity contribution in [2.75, 3.05) is 25.0 Å². The molecular weight excluding hydrogens is 374 g/mol. The zero-order chi connectivity index (χ0) is 21.2. The number of hydrogen-bond acceptors (Lipinski definition) is 4. The van der Waals surface area contributed by atoms with Gasteiger partial charge in [-0.2, -0.15) is 5.26 Å². The third kappa shape index (κ3) is 5.98. The second-order valence-corrected chi connectivity index (χ2v) is 7.59. The lowest BCUT2D eigenvalue weighted by atomic mass is 10.0. The third-order valence-electron chi connectivity index (χ3n) is 5.34. The van der Waals surface area contributed by atoms with E-state index < -0.39 is 0 Å². The first-order valence-electron chi connectivity index (χ1n) is 10.7. The smallest absolute Gasteiger partial charge is 0.198 e. The van der Waals surface area contributed by atoms with Crippen LogP contribution in [0.2, 0.25) is 0 Å². The van der Waals surface area contributed by atoms with Gasteiger partial charge in [0, 0.05) is 30.4 Å². The van der Waals surface area contributed by atoms with Crippen LogP contribution in [0, 0.1) is 11.3 Å². The molecule has 6 heteroatoms. The largest absolute Gasteiger partial charge is 0.489 e. The van der Waals surface area contributed by atoms with Gasteiger partial charge in [0.2, 0.25) is 0 Å². The van der Waals surface area contributed by atoms with Gasteiger partial charge in [-0.05, 0) is 69.5 Å². The zero-order valence-electron chi connectivity index (χ0n) is 17.7. The van der Waals surface area contributed by atoms with Gasteiger partial charge >= 0.3 is 0 Å². The van der Waals surface area contributed by atoms with Gasteiger partial charge in [-0.25, -0.2) is 0 Å². The highest BCUT2D eigenvalue weighted by Gasteiger charge is 2.21. The van der Waals surface area contributed by atoms with E-state index in [0.29, 0.717) is 24.8 Å². The van der Waals surface area contributed by atoms with E-state index >= 15 is 0 Å². The van der Waals surface area contributed by atoms with Crippen molar-refractivity contribution < 1.29 is 4.74 Å². The van der Waals surface area contributed by atoms with E-state index in [9.17, 15) is 5.26 Å². The van der Waals surface area contributed by atoms with E-state index in [1.165, 1.54) is 19.3 Å². The number of nitrogens with two attached hydrogens (primary N) is 1. The lowest BCUT2D eigenvalue weighted by Gasteiger charge is -2.36. The minimum absolute atomic E-state index is 0.369. The lowest BCUT2D eigenvalue weighted by molar-refractivity contribution is 0.257. The summed E-state index contributed by atoms with van der Waals surface area (Å²) in [5.41, 5.74) is 8.15. The Balaban J connectivity index is 1.64. The maximum Gasteiger partial charge on any atom is 0.198 e. The molecule has 1 saturated heterocycles. The van der Waals surface area contributed by atoms with Crippen LogP contribution in [0.4, 0.5) is 5.69 Å². The monoisotopic (exact) mass is 405 g/mol. The Bertz CT molecular complexity index is 872. The van der Waals surface area contributed by atoms with Crippen molar-refractivity contribution in [3.8, 4) is 11.8 Å². The average molecular weight is 406 g/mol. The fraction of sp³-hybridized carbons (Fsp3) is 0.417. The number of hydrogen-bond donors (Lipinski definition) is 2. The quantitative estimate of drug-likeness (QED) is 0.411. The Labute approximate surface area is 179 Å². The van der Waals surface area contributed by atoms with Gasteiger partial charge in [-0.15, -0.1) is 0 Å². The summed E-state index contributed by atoms with van der Waals surface area (Å²) in [5.74, 6) is 1.69. The molecule has 0 spiro atoms. The first-order chi connectivity index (χ1) is 14.7. The van der Waals surface area contributed by atoms with Crippen LogP contribution in [0.5, 0.6) is 5.75 Å². The predicted octanol–water partition coefficient (Wildman–Crippen LogP) is 4.13. The summed E-state index contributed by atoms with van der Waals surface area (Å²) in [6.07, 6.45) is 4.53. The molecule has 0 saturated carbocycles. The molecule has 3 rings (SSSR count). The number of rotatable bonds is 7. The highest BCUT2D eigenvalue weighted by atomic mass is 16.5. The fourth-order valence-electron chi connectivity index (χ4n) is 3.57. The Kier molecular flexibility index (Phi) is 8.10. The van der Waals surface area contributed by atoms with Crippen LogP contribution < -0.4 is 15.8 Å². The Morgan fingerprint density at radius 2 is 2.03 bits per heavy atom. The number of nitriles is 1. The van der Waals surface area contributed by atoms with Gasteiger partial charge in [0.15, 0.2) is 5.96 Å². The zero-order valence-corrected chi connectivity index (χ0v) is 17.7. The van der Waals surface area contributed by atoms with Crippen LogP contribution in [-0.2, 0) is 6.61 Å². The molecule has 6 nitrogen and oxygen atoms in total. The molecule has 30 heavy (non-hydrogen) atoms. The van der Waals surface area contributed by atoms with Crippen LogP contribution in [0.15, 0.2) is 53.5 Å². The van der Waals surface area contributed by atoms with Crippen LogP contribution in [0.25, 0.3) is 0 Å². The van der Waals surface area contributed by atoms with Gasteiger partial charge < -0.3 is 20.7 Å². The average Bonchev–Trinajstić information content (AvgIpc) is 2.78. The molecule has 0 aliphatic carbocycles. The summed E-state index contributed by atoms with van der Waals surface area (Å²) in [6.45, 7) is 5.02. The molecule has 1 unspecified atom stereocenters. The van der Waals surface area contributed by atoms with Gasteiger partial charge in [-0.3, -0.25) is 4.99 Å². The molecule has 1 aliphatic rings. The highest BCUT2D eigenvalue weighted by molar-refractivity contribution is 5.94. The molecule has 0 radical (unpaired) electrons. The Morgan fingerprint density at radius 3 is 2.77 bits per heavy atom. The molecule has 2 aromatic carbocycles. The van der Waals surface area contributed by atoms with Crippen molar-refractivity contribution in [3.05, 3.63) is 59.7 Å². The maximum absolute atomic E-state index is 9.20. The number of likely N-dealkylation sites (tertiary alicyclic amines) is 1. The molecule has 3 N–H and O–H groups in total. The molecule has 0 aromatic heterocycles. The molecule has 2 aromatic rings. The summed E-state index contributed by atoms with van der Waals surface area (Å²) in [7, 11) is 0. The van der Waals surface area contributed by atoms with Crippen LogP contribution in [-0.4, -0.2) is 36.5 Å². The molecule has 1 fully saturated rings. The fourth-order valence-corrected chi connectivity index (χ4v) is 3.57. The van der Waals surface area contributed by atoms with Crippen LogP contribution in [0.3, 0.4) is 0 Å². The lowest BCUT2D eigenvalue weighted by Crippen LogP contribution is -2.45. The molecule has 1 heterocycles. The molecule has 0 bridgehead atoms. The minimum atomic E-state index is 0.369. The number of guanidine groups is 1. The third-order valence-corrected chi connectivity index (χ3v) is 5.34. The topological polar surface area (TPSA) is 86.7 Å². The summed E-state index contributed by atoms with van der Waals surface area (Å²) < 4.78 is 5.87. The predicted molar refractivity (Wildman–Crippen MR) is 122 cm³/mol. The maximum atomic E-state index is 9.20. The highest BCUT2D eigenvalue weighted by Crippen LogP contribution is 2.21. The first kappa shape index (κ1) is 21.7. The van der Waals surface area contributed by atoms with Crippen molar-refractivity contribution in [2.24, 2.45) is 10.7 Å². The van der Waals surface area contributed by atoms with E-state index in [4.69, 9.17) is 15.5 Å². The number of nitrogens with one attached hydrogen (secondary N) is 1. The van der Waals surface area contributed by atoms with E-state index in [1.807, 2.05) is 42.5 Å².